The summed E-state index contributed by atoms with van der Waals surface area (Å²) in [4.78, 5) is 33.7. The summed E-state index contributed by atoms with van der Waals surface area (Å²) in [6, 6.07) is -1.48. The number of phosphoric ester groups is 1. The minimum absolute atomic E-state index is 0.00626. The van der Waals surface area contributed by atoms with Crippen molar-refractivity contribution in [2.24, 2.45) is 5.73 Å². The molecule has 0 saturated carbocycles. The van der Waals surface area contributed by atoms with E-state index in [0.29, 0.717) is 13.0 Å². The molecule has 0 rings (SSSR count). The lowest BCUT2D eigenvalue weighted by atomic mass is 10.1. The van der Waals surface area contributed by atoms with Gasteiger partial charge in [0.25, 0.3) is 0 Å². The minimum atomic E-state index is -4.63. The van der Waals surface area contributed by atoms with E-state index in [-0.39, 0.29) is 13.0 Å². The quantitative estimate of drug-likeness (QED) is 0.0233. The summed E-state index contributed by atoms with van der Waals surface area (Å²) in [6.07, 6.45) is 58.1. The fraction of sp³-hybridized carbons (Fsp3) is 0.725. The van der Waals surface area contributed by atoms with Gasteiger partial charge < -0.3 is 25.2 Å². The third-order valence-electron chi connectivity index (χ3n) is 10.2. The molecule has 0 aromatic heterocycles. The van der Waals surface area contributed by atoms with Crippen LogP contribution in [-0.4, -0.2) is 60.5 Å². The monoisotopic (exact) mass is 892 g/mol. The highest BCUT2D eigenvalue weighted by Gasteiger charge is 2.27. The van der Waals surface area contributed by atoms with Gasteiger partial charge in [-0.05, 0) is 83.5 Å². The molecule has 62 heavy (non-hydrogen) atoms. The smallest absolute Gasteiger partial charge is 0.472 e. The van der Waals surface area contributed by atoms with Crippen molar-refractivity contribution in [2.45, 2.75) is 212 Å². The number of phosphoric acid groups is 1. The standard InChI is InChI=1S/C51H90NO9P/c1-3-5-7-9-11-13-15-17-19-21-23-24-25-26-28-30-32-34-36-38-40-42-44-58-45-48(46-59-62(56,57)60-47-49(52)51(54)55)61-50(53)43-41-39-37-35-33-31-29-27-22-20-18-16-14-12-10-8-6-4-2/h5,7,11,13-14,16-17,19-20,22-24,48-49H,3-4,6,8-10,12,15,18,21,25-47,52H2,1-2H3,(H,54,55)(H,56,57)/b7-5-,13-11-,16-14-,19-17-,22-20-,24-23-. The summed E-state index contributed by atoms with van der Waals surface area (Å²) >= 11 is 0. The summed E-state index contributed by atoms with van der Waals surface area (Å²) in [5.74, 6) is -1.79. The molecule has 3 atom stereocenters. The van der Waals surface area contributed by atoms with Crippen molar-refractivity contribution in [3.63, 3.8) is 0 Å². The molecule has 3 unspecified atom stereocenters. The van der Waals surface area contributed by atoms with Gasteiger partial charge >= 0.3 is 19.8 Å². The molecule has 0 aliphatic heterocycles. The van der Waals surface area contributed by atoms with Crippen molar-refractivity contribution in [3.05, 3.63) is 72.9 Å². The van der Waals surface area contributed by atoms with Crippen LogP contribution in [0.2, 0.25) is 0 Å². The molecule has 0 bridgehead atoms. The molecule has 0 aromatic rings. The number of esters is 1. The maximum atomic E-state index is 12.7. The van der Waals surface area contributed by atoms with Crippen molar-refractivity contribution >= 4 is 19.8 Å². The van der Waals surface area contributed by atoms with Crippen LogP contribution in [0.15, 0.2) is 72.9 Å². The molecule has 10 nitrogen and oxygen atoms in total. The first-order valence-electron chi connectivity index (χ1n) is 24.5. The van der Waals surface area contributed by atoms with E-state index in [4.69, 9.17) is 29.4 Å². The Labute approximate surface area is 378 Å². The molecule has 0 amide bonds. The van der Waals surface area contributed by atoms with Gasteiger partial charge in [0.15, 0.2) is 0 Å². The fourth-order valence-corrected chi connectivity index (χ4v) is 7.23. The highest BCUT2D eigenvalue weighted by atomic mass is 31.2. The number of hydrogen-bond donors (Lipinski definition) is 3. The van der Waals surface area contributed by atoms with Gasteiger partial charge in [-0.25, -0.2) is 4.57 Å². The van der Waals surface area contributed by atoms with Gasteiger partial charge in [0.1, 0.15) is 12.1 Å². The van der Waals surface area contributed by atoms with Crippen LogP contribution >= 0.6 is 7.82 Å². The second kappa shape index (κ2) is 46.4. The average Bonchev–Trinajstić information content (AvgIpc) is 3.25. The fourth-order valence-electron chi connectivity index (χ4n) is 6.45. The number of carboxylic acid groups (broad SMARTS) is 1. The summed E-state index contributed by atoms with van der Waals surface area (Å²) in [5, 5.41) is 8.92. The second-order valence-corrected chi connectivity index (χ2v) is 17.7. The molecule has 0 heterocycles. The van der Waals surface area contributed by atoms with Crippen LogP contribution in [0.3, 0.4) is 0 Å². The Morgan fingerprint density at radius 2 is 0.935 bits per heavy atom. The lowest BCUT2D eigenvalue weighted by molar-refractivity contribution is -0.154. The first kappa shape index (κ1) is 59.4. The Bertz CT molecular complexity index is 1260. The number of nitrogens with two attached hydrogens (primary N) is 1. The predicted octanol–water partition coefficient (Wildman–Crippen LogP) is 14.2. The zero-order valence-electron chi connectivity index (χ0n) is 39.2. The maximum Gasteiger partial charge on any atom is 0.472 e. The molecular formula is C51H90NO9P. The highest BCUT2D eigenvalue weighted by Crippen LogP contribution is 2.43. The van der Waals surface area contributed by atoms with E-state index in [9.17, 15) is 19.0 Å². The molecule has 4 N–H and O–H groups in total. The lowest BCUT2D eigenvalue weighted by Crippen LogP contribution is -2.34. The third-order valence-corrected chi connectivity index (χ3v) is 11.2. The van der Waals surface area contributed by atoms with E-state index in [1.807, 2.05) is 0 Å². The summed E-state index contributed by atoms with van der Waals surface area (Å²) < 4.78 is 33.5. The zero-order valence-corrected chi connectivity index (χ0v) is 40.1. The van der Waals surface area contributed by atoms with E-state index in [2.05, 4.69) is 86.8 Å². The number of allylic oxidation sites excluding steroid dienone is 12. The average molecular weight is 892 g/mol. The summed E-state index contributed by atoms with van der Waals surface area (Å²) in [7, 11) is -4.63. The molecule has 0 aliphatic carbocycles. The van der Waals surface area contributed by atoms with E-state index < -0.39 is 45.1 Å². The molecule has 0 radical (unpaired) electrons. The van der Waals surface area contributed by atoms with Crippen LogP contribution in [0.5, 0.6) is 0 Å². The maximum absolute atomic E-state index is 12.7. The van der Waals surface area contributed by atoms with Crippen LogP contribution in [-0.2, 0) is 32.7 Å². The molecule has 358 valence electrons. The van der Waals surface area contributed by atoms with E-state index in [0.717, 1.165) is 83.5 Å². The van der Waals surface area contributed by atoms with Gasteiger partial charge in [-0.15, -0.1) is 0 Å². The van der Waals surface area contributed by atoms with Gasteiger partial charge in [0.05, 0.1) is 19.8 Å². The Balaban J connectivity index is 4.20. The SMILES string of the molecule is CC/C=C\C/C=C\C/C=C\C/C=C\CCCCCCCCCCCOCC(COP(=O)(O)OCC(N)C(=O)O)OC(=O)CCCCCCCCC/C=C\C/C=C\CCCCCC. The number of unbranched alkanes of at least 4 members (excludes halogenated alkanes) is 20. The van der Waals surface area contributed by atoms with E-state index in [1.165, 1.54) is 89.9 Å². The molecule has 0 fully saturated rings. The molecule has 0 aliphatic rings. The predicted molar refractivity (Wildman–Crippen MR) is 258 cm³/mol. The second-order valence-electron chi connectivity index (χ2n) is 16.2. The van der Waals surface area contributed by atoms with Crippen LogP contribution in [0.25, 0.3) is 0 Å². The lowest BCUT2D eigenvalue weighted by Gasteiger charge is -2.20. The number of carbonyl (C=O) groups is 2. The van der Waals surface area contributed by atoms with Crippen molar-refractivity contribution in [1.29, 1.82) is 0 Å². The van der Waals surface area contributed by atoms with E-state index in [1.54, 1.807) is 0 Å². The number of carboxylic acids is 1. The van der Waals surface area contributed by atoms with Crippen LogP contribution in [0, 0.1) is 0 Å². The Hall–Kier alpha value is -2.59. The largest absolute Gasteiger partial charge is 0.480 e. The van der Waals surface area contributed by atoms with Gasteiger partial charge in [0, 0.05) is 13.0 Å². The van der Waals surface area contributed by atoms with Gasteiger partial charge in [-0.3, -0.25) is 18.6 Å². The number of rotatable bonds is 46. The van der Waals surface area contributed by atoms with Crippen molar-refractivity contribution in [3.8, 4) is 0 Å². The normalized spacial score (nSPS) is 14.4. The van der Waals surface area contributed by atoms with Gasteiger partial charge in [-0.1, -0.05) is 183 Å². The number of aliphatic carboxylic acids is 1. The van der Waals surface area contributed by atoms with Crippen molar-refractivity contribution in [2.75, 3.05) is 26.4 Å². The summed E-state index contributed by atoms with van der Waals surface area (Å²) in [6.45, 7) is 3.73. The topological polar surface area (TPSA) is 155 Å². The Morgan fingerprint density at radius 3 is 1.40 bits per heavy atom. The first-order valence-corrected chi connectivity index (χ1v) is 26.0. The molecule has 11 heteroatoms. The molecular weight excluding hydrogens is 802 g/mol. The summed E-state index contributed by atoms with van der Waals surface area (Å²) in [5.41, 5.74) is 5.37. The molecule has 0 saturated heterocycles. The number of carbonyl (C=O) groups excluding carboxylic acids is 1. The Morgan fingerprint density at radius 1 is 0.532 bits per heavy atom. The van der Waals surface area contributed by atoms with Gasteiger partial charge in [-0.2, -0.15) is 0 Å². The number of hydrogen-bond acceptors (Lipinski definition) is 8. The van der Waals surface area contributed by atoms with E-state index >= 15 is 0 Å². The highest BCUT2D eigenvalue weighted by molar-refractivity contribution is 7.47. The molecule has 0 spiro atoms. The number of ether oxygens (including phenoxy) is 2. The minimum Gasteiger partial charge on any atom is -0.480 e. The third kappa shape index (κ3) is 45.4. The molecule has 0 aromatic carbocycles. The van der Waals surface area contributed by atoms with Crippen LogP contribution in [0.1, 0.15) is 200 Å². The van der Waals surface area contributed by atoms with Crippen LogP contribution < -0.4 is 5.73 Å². The van der Waals surface area contributed by atoms with Crippen LogP contribution in [0.4, 0.5) is 0 Å². The van der Waals surface area contributed by atoms with Crippen molar-refractivity contribution in [1.82, 2.24) is 0 Å². The van der Waals surface area contributed by atoms with Gasteiger partial charge in [0.2, 0.25) is 0 Å². The zero-order chi connectivity index (χ0) is 45.5. The Kier molecular flexibility index (Phi) is 44.5. The first-order chi connectivity index (χ1) is 30.2. The van der Waals surface area contributed by atoms with Crippen molar-refractivity contribution < 1.29 is 42.7 Å².